The highest BCUT2D eigenvalue weighted by Crippen LogP contribution is 2.61. The summed E-state index contributed by atoms with van der Waals surface area (Å²) in [5.74, 6) is -1.87. The number of aryl methyl sites for hydroxylation is 2. The van der Waals surface area contributed by atoms with Gasteiger partial charge in [-0.25, -0.2) is 0 Å². The molecule has 4 heterocycles. The number of ether oxygens (including phenoxy) is 1. The molecule has 1 N–H and O–H groups in total. The summed E-state index contributed by atoms with van der Waals surface area (Å²) in [5.41, 5.74) is 2.90. The molecule has 35 heavy (non-hydrogen) atoms. The van der Waals surface area contributed by atoms with E-state index in [1.165, 1.54) is 0 Å². The highest BCUT2D eigenvalue weighted by molar-refractivity contribution is 8.02. The molecule has 5 atom stereocenters. The number of nitrogens with zero attached hydrogens (tertiary/aromatic N) is 2. The van der Waals surface area contributed by atoms with Gasteiger partial charge in [-0.3, -0.25) is 14.4 Å². The van der Waals surface area contributed by atoms with E-state index in [4.69, 9.17) is 4.74 Å². The van der Waals surface area contributed by atoms with Crippen molar-refractivity contribution in [3.8, 4) is 0 Å². The van der Waals surface area contributed by atoms with E-state index in [1.54, 1.807) is 21.6 Å². The number of aliphatic hydroxyl groups excluding tert-OH is 1. The molecule has 186 valence electrons. The van der Waals surface area contributed by atoms with Crippen LogP contribution in [0.25, 0.3) is 0 Å². The highest BCUT2D eigenvalue weighted by Gasteiger charge is 2.71. The molecule has 0 aromatic heterocycles. The summed E-state index contributed by atoms with van der Waals surface area (Å²) in [4.78, 5) is 44.9. The summed E-state index contributed by atoms with van der Waals surface area (Å²) in [6.45, 7) is 5.15. The molecular weight excluding hydrogens is 464 g/mol. The Morgan fingerprint density at radius 1 is 1.09 bits per heavy atom. The molecule has 5 rings (SSSR count). The van der Waals surface area contributed by atoms with Crippen LogP contribution in [0.5, 0.6) is 0 Å². The van der Waals surface area contributed by atoms with Gasteiger partial charge >= 0.3 is 5.97 Å². The number of carbonyl (C=O) groups is 3. The fourth-order valence-electron chi connectivity index (χ4n) is 6.21. The molecular formula is C27H32N2O5S. The summed E-state index contributed by atoms with van der Waals surface area (Å²) in [5, 5.41) is 8.99. The van der Waals surface area contributed by atoms with Crippen molar-refractivity contribution in [2.75, 3.05) is 31.2 Å². The van der Waals surface area contributed by atoms with E-state index in [-0.39, 0.29) is 36.2 Å². The second-order valence-electron chi connectivity index (χ2n) is 9.81. The van der Waals surface area contributed by atoms with E-state index < -0.39 is 22.6 Å². The number of hydrogen-bond acceptors (Lipinski definition) is 6. The number of para-hydroxylation sites is 1. The van der Waals surface area contributed by atoms with E-state index >= 15 is 0 Å². The Kier molecular flexibility index (Phi) is 6.53. The average molecular weight is 497 g/mol. The number of aliphatic hydroxyl groups is 1. The first kappa shape index (κ1) is 24.1. The number of fused-ring (bicyclic) bond motifs is 2. The van der Waals surface area contributed by atoms with Crippen LogP contribution in [0.15, 0.2) is 42.5 Å². The second kappa shape index (κ2) is 9.47. The summed E-state index contributed by atoms with van der Waals surface area (Å²) >= 11 is 1.56. The van der Waals surface area contributed by atoms with Crippen LogP contribution in [0.2, 0.25) is 0 Å². The smallest absolute Gasteiger partial charge is 0.311 e. The lowest BCUT2D eigenvalue weighted by molar-refractivity contribution is -0.151. The first-order chi connectivity index (χ1) is 16.9. The van der Waals surface area contributed by atoms with Gasteiger partial charge in [-0.15, -0.1) is 11.8 Å². The number of anilines is 1. The fraction of sp³-hybridized carbons (Fsp3) is 0.519. The SMILES string of the molecule is Cc1cccc(C)c1N1CC=C[C@]23S[C@H]4C=CCOC(=O)[C@H]4[C@H]2C(=O)N(CCCCCO)C3C1=O. The van der Waals surface area contributed by atoms with E-state index in [0.29, 0.717) is 25.9 Å². The number of unbranched alkanes of at least 4 members (excludes halogenated alkanes) is 2. The number of cyclic esters (lactones) is 1. The summed E-state index contributed by atoms with van der Waals surface area (Å²) in [6, 6.07) is 5.27. The Balaban J connectivity index is 1.59. The lowest BCUT2D eigenvalue weighted by Gasteiger charge is -2.36. The summed E-state index contributed by atoms with van der Waals surface area (Å²) in [7, 11) is 0. The first-order valence-electron chi connectivity index (χ1n) is 12.4. The van der Waals surface area contributed by atoms with Crippen molar-refractivity contribution >= 4 is 35.2 Å². The largest absolute Gasteiger partial charge is 0.461 e. The summed E-state index contributed by atoms with van der Waals surface area (Å²) < 4.78 is 4.59. The van der Waals surface area contributed by atoms with Crippen LogP contribution in [0, 0.1) is 25.7 Å². The maximum Gasteiger partial charge on any atom is 0.311 e. The topological polar surface area (TPSA) is 87.2 Å². The third kappa shape index (κ3) is 3.82. The third-order valence-corrected chi connectivity index (χ3v) is 9.42. The van der Waals surface area contributed by atoms with E-state index in [9.17, 15) is 19.5 Å². The molecule has 1 unspecified atom stereocenters. The van der Waals surface area contributed by atoms with E-state index in [1.807, 2.05) is 56.4 Å². The second-order valence-corrected chi connectivity index (χ2v) is 11.3. The lowest BCUT2D eigenvalue weighted by atomic mass is 9.78. The molecule has 1 aromatic carbocycles. The van der Waals surface area contributed by atoms with Crippen LogP contribution in [0.4, 0.5) is 5.69 Å². The normalized spacial score (nSPS) is 31.7. The number of esters is 1. The fourth-order valence-corrected chi connectivity index (χ4v) is 8.21. The molecule has 0 radical (unpaired) electrons. The number of thioether (sulfide) groups is 1. The van der Waals surface area contributed by atoms with Crippen molar-refractivity contribution in [2.45, 2.75) is 49.1 Å². The number of amides is 2. The third-order valence-electron chi connectivity index (χ3n) is 7.68. The minimum absolute atomic E-state index is 0.101. The van der Waals surface area contributed by atoms with Crippen molar-refractivity contribution in [2.24, 2.45) is 11.8 Å². The van der Waals surface area contributed by atoms with Crippen molar-refractivity contribution in [1.82, 2.24) is 4.90 Å². The molecule has 8 heteroatoms. The Bertz CT molecular complexity index is 1080. The van der Waals surface area contributed by atoms with Crippen LogP contribution in [0.1, 0.15) is 30.4 Å². The molecule has 2 amide bonds. The predicted molar refractivity (Wildman–Crippen MR) is 135 cm³/mol. The average Bonchev–Trinajstić information content (AvgIpc) is 3.12. The Morgan fingerprint density at radius 2 is 1.86 bits per heavy atom. The van der Waals surface area contributed by atoms with Crippen molar-refractivity contribution in [3.63, 3.8) is 0 Å². The molecule has 1 aromatic rings. The Hall–Kier alpha value is -2.58. The van der Waals surface area contributed by atoms with Crippen LogP contribution in [-0.2, 0) is 19.1 Å². The lowest BCUT2D eigenvalue weighted by Crippen LogP contribution is -2.53. The van der Waals surface area contributed by atoms with Crippen LogP contribution in [-0.4, -0.2) is 70.1 Å². The highest BCUT2D eigenvalue weighted by atomic mass is 32.2. The molecule has 0 bridgehead atoms. The standard InChI is InChI=1S/C27H32N2O5S/c1-17-9-6-10-18(2)22(17)28-14-8-12-27-21(20-19(35-27)11-7-16-34-26(20)33)24(31)29(23(27)25(28)32)13-4-3-5-15-30/h6-12,19-21,23,30H,3-5,13-16H2,1-2H3/t19-,20+,21-,23?,27-/m0/s1. The first-order valence-corrected chi connectivity index (χ1v) is 13.3. The number of rotatable bonds is 6. The van der Waals surface area contributed by atoms with Gasteiger partial charge in [0.1, 0.15) is 12.6 Å². The van der Waals surface area contributed by atoms with Crippen molar-refractivity contribution in [3.05, 3.63) is 53.6 Å². The van der Waals surface area contributed by atoms with Crippen LogP contribution < -0.4 is 4.90 Å². The maximum atomic E-state index is 14.4. The Labute approximate surface area is 210 Å². The van der Waals surface area contributed by atoms with Gasteiger partial charge in [-0.2, -0.15) is 0 Å². The number of likely N-dealkylation sites (tertiary alicyclic amines) is 1. The zero-order valence-corrected chi connectivity index (χ0v) is 21.0. The minimum atomic E-state index is -0.827. The molecule has 0 aliphatic carbocycles. The van der Waals surface area contributed by atoms with E-state index in [0.717, 1.165) is 23.2 Å². The molecule has 4 aliphatic heterocycles. The van der Waals surface area contributed by atoms with Gasteiger partial charge in [0.15, 0.2) is 0 Å². The molecule has 1 spiro atoms. The van der Waals surface area contributed by atoms with Gasteiger partial charge < -0.3 is 19.6 Å². The van der Waals surface area contributed by atoms with Crippen molar-refractivity contribution < 1.29 is 24.2 Å². The zero-order valence-electron chi connectivity index (χ0n) is 20.2. The van der Waals surface area contributed by atoms with Crippen LogP contribution in [0.3, 0.4) is 0 Å². The monoisotopic (exact) mass is 496 g/mol. The molecule has 0 saturated carbocycles. The van der Waals surface area contributed by atoms with Gasteiger partial charge in [0.25, 0.3) is 5.91 Å². The van der Waals surface area contributed by atoms with Crippen LogP contribution >= 0.6 is 11.8 Å². The number of hydrogen-bond donors (Lipinski definition) is 1. The Morgan fingerprint density at radius 3 is 2.60 bits per heavy atom. The maximum absolute atomic E-state index is 14.4. The van der Waals surface area contributed by atoms with Gasteiger partial charge in [-0.1, -0.05) is 42.5 Å². The van der Waals surface area contributed by atoms with Gasteiger partial charge in [-0.05, 0) is 44.2 Å². The number of carbonyl (C=O) groups excluding carboxylic acids is 3. The minimum Gasteiger partial charge on any atom is -0.461 e. The molecule has 2 fully saturated rings. The predicted octanol–water partition coefficient (Wildman–Crippen LogP) is 2.78. The zero-order chi connectivity index (χ0) is 24.7. The molecule has 2 saturated heterocycles. The van der Waals surface area contributed by atoms with Crippen molar-refractivity contribution in [1.29, 1.82) is 0 Å². The summed E-state index contributed by atoms with van der Waals surface area (Å²) in [6.07, 6.45) is 9.93. The van der Waals surface area contributed by atoms with Gasteiger partial charge in [0, 0.05) is 30.6 Å². The van der Waals surface area contributed by atoms with Gasteiger partial charge in [0.05, 0.1) is 16.6 Å². The molecule has 7 nitrogen and oxygen atoms in total. The van der Waals surface area contributed by atoms with E-state index in [2.05, 4.69) is 0 Å². The number of benzene rings is 1. The quantitative estimate of drug-likeness (QED) is 0.370. The van der Waals surface area contributed by atoms with Gasteiger partial charge in [0.2, 0.25) is 5.91 Å². The molecule has 4 aliphatic rings.